The lowest BCUT2D eigenvalue weighted by Crippen LogP contribution is -2.30. The van der Waals surface area contributed by atoms with Crippen LogP contribution in [0.1, 0.15) is 73.4 Å². The van der Waals surface area contributed by atoms with E-state index >= 15 is 0 Å². The van der Waals surface area contributed by atoms with Gasteiger partial charge in [0.25, 0.3) is 11.5 Å². The molecule has 2 saturated carbocycles. The van der Waals surface area contributed by atoms with Gasteiger partial charge in [0.15, 0.2) is 17.4 Å². The van der Waals surface area contributed by atoms with Crippen molar-refractivity contribution in [3.05, 3.63) is 81.7 Å². The molecule has 5 rings (SSSR count). The molecular formula is C30H35FN4O4. The molecule has 2 aliphatic carbocycles. The van der Waals surface area contributed by atoms with Crippen molar-refractivity contribution in [2.24, 2.45) is 0 Å². The number of nitrogens with zero attached hydrogens (tertiary/aromatic N) is 2. The van der Waals surface area contributed by atoms with Crippen molar-refractivity contribution in [1.82, 2.24) is 14.9 Å². The zero-order chi connectivity index (χ0) is 27.6. The van der Waals surface area contributed by atoms with Crippen LogP contribution in [-0.4, -0.2) is 39.3 Å². The number of aromatic nitrogens is 2. The highest BCUT2D eigenvalue weighted by molar-refractivity contribution is 5.95. The molecule has 0 aliphatic heterocycles. The number of para-hydroxylation sites is 1. The fraction of sp³-hybridized carbons (Fsp3) is 0.433. The number of ether oxygens (including phenoxy) is 1. The number of hydrogen-bond donors (Lipinski definition) is 3. The van der Waals surface area contributed by atoms with Gasteiger partial charge in [-0.3, -0.25) is 14.2 Å². The topological polar surface area (TPSA) is 105 Å². The quantitative estimate of drug-likeness (QED) is 0.293. The van der Waals surface area contributed by atoms with E-state index in [1.807, 2.05) is 19.1 Å². The van der Waals surface area contributed by atoms with Gasteiger partial charge in [-0.2, -0.15) is 0 Å². The molecule has 3 aromatic rings. The number of rotatable bonds is 12. The maximum Gasteiger partial charge on any atom is 0.297 e. The van der Waals surface area contributed by atoms with E-state index in [1.165, 1.54) is 10.6 Å². The number of aliphatic hydroxyl groups excluding tert-OH is 1. The van der Waals surface area contributed by atoms with Crippen LogP contribution >= 0.6 is 0 Å². The maximum absolute atomic E-state index is 14.9. The number of aliphatic hydroxyl groups is 1. The predicted octanol–water partition coefficient (Wildman–Crippen LogP) is 4.60. The molecule has 1 amide bonds. The lowest BCUT2D eigenvalue weighted by molar-refractivity contribution is 0.0951. The van der Waals surface area contributed by atoms with Gasteiger partial charge in [0.1, 0.15) is 0 Å². The van der Waals surface area contributed by atoms with Crippen LogP contribution in [0, 0.1) is 12.7 Å². The van der Waals surface area contributed by atoms with Gasteiger partial charge >= 0.3 is 0 Å². The SMILES string of the molecule is Cc1ccc(C(=O)NC2CC2)cc1-n1ccnc(NC2(c3cccc(F)c3OCCCC[C@@H](C)O)CC2)c1=O. The average molecular weight is 535 g/mol. The Hall–Kier alpha value is -3.72. The van der Waals surface area contributed by atoms with Crippen LogP contribution < -0.4 is 20.9 Å². The summed E-state index contributed by atoms with van der Waals surface area (Å²) in [5.41, 5.74) is 1.58. The first-order chi connectivity index (χ1) is 18.8. The predicted molar refractivity (Wildman–Crippen MR) is 147 cm³/mol. The van der Waals surface area contributed by atoms with Gasteiger partial charge in [-0.05, 0) is 82.6 Å². The Labute approximate surface area is 227 Å². The van der Waals surface area contributed by atoms with Crippen LogP contribution in [0.15, 0.2) is 53.6 Å². The van der Waals surface area contributed by atoms with Gasteiger partial charge in [0.2, 0.25) is 0 Å². The number of aryl methyl sites for hydroxylation is 1. The minimum absolute atomic E-state index is 0.148. The Morgan fingerprint density at radius 3 is 2.77 bits per heavy atom. The highest BCUT2D eigenvalue weighted by Crippen LogP contribution is 2.51. The standard InChI is InChI=1S/C30H35FN4O4/c1-19-9-10-21(28(37)33-22-11-12-22)18-25(19)35-16-15-32-27(29(35)38)34-30(13-14-30)23-7-5-8-24(31)26(23)39-17-4-3-6-20(2)36/h5,7-10,15-16,18,20,22,36H,3-4,6,11-14,17H2,1-2H3,(H,32,34)(H,33,37)/t20-/m1/s1. The molecule has 8 nitrogen and oxygen atoms in total. The third-order valence-corrected chi connectivity index (χ3v) is 7.34. The fourth-order valence-electron chi connectivity index (χ4n) is 4.76. The molecule has 0 bridgehead atoms. The molecule has 1 aromatic heterocycles. The molecule has 2 aliphatic rings. The van der Waals surface area contributed by atoms with Crippen molar-refractivity contribution in [3.8, 4) is 11.4 Å². The van der Waals surface area contributed by atoms with Crippen molar-refractivity contribution in [2.45, 2.75) is 76.5 Å². The Balaban J connectivity index is 1.38. The summed E-state index contributed by atoms with van der Waals surface area (Å²) < 4.78 is 22.2. The largest absolute Gasteiger partial charge is 0.490 e. The summed E-state index contributed by atoms with van der Waals surface area (Å²) >= 11 is 0. The van der Waals surface area contributed by atoms with Crippen LogP contribution in [-0.2, 0) is 5.54 Å². The monoisotopic (exact) mass is 534 g/mol. The van der Waals surface area contributed by atoms with Crippen LogP contribution in [0.2, 0.25) is 0 Å². The molecule has 206 valence electrons. The van der Waals surface area contributed by atoms with Crippen LogP contribution in [0.25, 0.3) is 5.69 Å². The number of hydrogen-bond acceptors (Lipinski definition) is 6. The Kier molecular flexibility index (Phi) is 7.70. The first kappa shape index (κ1) is 26.9. The lowest BCUT2D eigenvalue weighted by Gasteiger charge is -2.22. The van der Waals surface area contributed by atoms with Gasteiger partial charge in [0, 0.05) is 29.6 Å². The van der Waals surface area contributed by atoms with Crippen LogP contribution in [0.3, 0.4) is 0 Å². The summed E-state index contributed by atoms with van der Waals surface area (Å²) in [7, 11) is 0. The normalized spacial score (nSPS) is 16.4. The molecule has 2 aromatic carbocycles. The first-order valence-corrected chi connectivity index (χ1v) is 13.6. The van der Waals surface area contributed by atoms with Crippen molar-refractivity contribution < 1.29 is 19.0 Å². The molecule has 0 radical (unpaired) electrons. The molecule has 0 spiro atoms. The summed E-state index contributed by atoms with van der Waals surface area (Å²) in [4.78, 5) is 30.5. The zero-order valence-electron chi connectivity index (χ0n) is 22.4. The van der Waals surface area contributed by atoms with E-state index in [-0.39, 0.29) is 35.2 Å². The van der Waals surface area contributed by atoms with E-state index < -0.39 is 11.4 Å². The van der Waals surface area contributed by atoms with E-state index in [1.54, 1.807) is 37.5 Å². The summed E-state index contributed by atoms with van der Waals surface area (Å²) in [5.74, 6) is -0.275. The van der Waals surface area contributed by atoms with Crippen LogP contribution in [0.5, 0.6) is 5.75 Å². The van der Waals surface area contributed by atoms with E-state index in [0.717, 1.165) is 24.8 Å². The number of nitrogens with one attached hydrogen (secondary N) is 2. The number of benzene rings is 2. The second-order valence-electron chi connectivity index (χ2n) is 10.7. The van der Waals surface area contributed by atoms with Crippen molar-refractivity contribution in [1.29, 1.82) is 0 Å². The van der Waals surface area contributed by atoms with Gasteiger partial charge < -0.3 is 20.5 Å². The van der Waals surface area contributed by atoms with Gasteiger partial charge in [-0.15, -0.1) is 0 Å². The molecule has 39 heavy (non-hydrogen) atoms. The molecule has 0 unspecified atom stereocenters. The molecule has 1 atom stereocenters. The average Bonchev–Trinajstić information content (AvgIpc) is 3.84. The first-order valence-electron chi connectivity index (χ1n) is 13.6. The Morgan fingerprint density at radius 1 is 1.26 bits per heavy atom. The molecule has 1 heterocycles. The highest BCUT2D eigenvalue weighted by atomic mass is 19.1. The lowest BCUT2D eigenvalue weighted by atomic mass is 10.0. The summed E-state index contributed by atoms with van der Waals surface area (Å²) in [6.07, 6.45) is 8.27. The summed E-state index contributed by atoms with van der Waals surface area (Å²) in [5, 5.41) is 15.7. The number of anilines is 1. The number of carbonyl (C=O) groups excluding carboxylic acids is 1. The highest BCUT2D eigenvalue weighted by Gasteiger charge is 2.47. The molecule has 9 heteroatoms. The number of halogens is 1. The van der Waals surface area contributed by atoms with E-state index in [4.69, 9.17) is 4.74 Å². The zero-order valence-corrected chi connectivity index (χ0v) is 22.4. The molecule has 2 fully saturated rings. The maximum atomic E-state index is 14.9. The number of unbranched alkanes of at least 4 members (excludes halogenated alkanes) is 1. The number of carbonyl (C=O) groups is 1. The van der Waals surface area contributed by atoms with Crippen molar-refractivity contribution in [2.75, 3.05) is 11.9 Å². The summed E-state index contributed by atoms with van der Waals surface area (Å²) in [6, 6.07) is 10.4. The molecule has 3 N–H and O–H groups in total. The Morgan fingerprint density at radius 2 is 2.05 bits per heavy atom. The van der Waals surface area contributed by atoms with E-state index in [9.17, 15) is 19.1 Å². The third kappa shape index (κ3) is 6.14. The fourth-order valence-corrected chi connectivity index (χ4v) is 4.76. The van der Waals surface area contributed by atoms with Gasteiger partial charge in [-0.1, -0.05) is 18.2 Å². The molecule has 0 saturated heterocycles. The number of amides is 1. The van der Waals surface area contributed by atoms with Gasteiger partial charge in [-0.25, -0.2) is 9.37 Å². The summed E-state index contributed by atoms with van der Waals surface area (Å²) in [6.45, 7) is 3.96. The van der Waals surface area contributed by atoms with Crippen molar-refractivity contribution in [3.63, 3.8) is 0 Å². The van der Waals surface area contributed by atoms with E-state index in [0.29, 0.717) is 49.1 Å². The van der Waals surface area contributed by atoms with Gasteiger partial charge in [0.05, 0.1) is 23.9 Å². The van der Waals surface area contributed by atoms with Crippen LogP contribution in [0.4, 0.5) is 10.2 Å². The second-order valence-corrected chi connectivity index (χ2v) is 10.7. The smallest absolute Gasteiger partial charge is 0.297 e. The van der Waals surface area contributed by atoms with Crippen molar-refractivity contribution >= 4 is 11.7 Å². The second kappa shape index (κ2) is 11.2. The van der Waals surface area contributed by atoms with E-state index in [2.05, 4.69) is 15.6 Å². The third-order valence-electron chi connectivity index (χ3n) is 7.34. The minimum atomic E-state index is -0.663. The Bertz CT molecular complexity index is 1410. The molecular weight excluding hydrogens is 499 g/mol. The minimum Gasteiger partial charge on any atom is -0.490 e.